The molecule has 0 saturated heterocycles. The molecule has 0 spiro atoms. The van der Waals surface area contributed by atoms with Crippen LogP contribution in [0.4, 0.5) is 0 Å². The van der Waals surface area contributed by atoms with Gasteiger partial charge >= 0.3 is 0 Å². The third kappa shape index (κ3) is 2.62. The Morgan fingerprint density at radius 2 is 1.66 bits per heavy atom. The van der Waals surface area contributed by atoms with Gasteiger partial charge in [-0.05, 0) is 53.1 Å². The SMILES string of the molecule is Cc1ccc2c3c1oc1c(CC(C)(C)C)ccc(c13)C(C)(C)c1cc3ccccc3nc1-2. The topological polar surface area (TPSA) is 26.0 Å². The lowest BCUT2D eigenvalue weighted by Crippen LogP contribution is -2.20. The van der Waals surface area contributed by atoms with Gasteiger partial charge in [0.25, 0.3) is 0 Å². The summed E-state index contributed by atoms with van der Waals surface area (Å²) in [6.07, 6.45) is 0.980. The lowest BCUT2D eigenvalue weighted by Gasteiger charge is -2.28. The first-order valence-electron chi connectivity index (χ1n) is 11.5. The van der Waals surface area contributed by atoms with Crippen molar-refractivity contribution in [3.05, 3.63) is 76.9 Å². The van der Waals surface area contributed by atoms with E-state index in [0.29, 0.717) is 0 Å². The molecule has 32 heavy (non-hydrogen) atoms. The number of para-hydroxylation sites is 1. The first-order valence-corrected chi connectivity index (χ1v) is 11.5. The van der Waals surface area contributed by atoms with Crippen LogP contribution in [0, 0.1) is 12.3 Å². The summed E-state index contributed by atoms with van der Waals surface area (Å²) in [6, 6.07) is 19.8. The number of aryl methyl sites for hydroxylation is 1. The summed E-state index contributed by atoms with van der Waals surface area (Å²) in [5.41, 5.74) is 10.4. The minimum Gasteiger partial charge on any atom is -0.455 e. The van der Waals surface area contributed by atoms with Crippen LogP contribution < -0.4 is 0 Å². The molecule has 0 unspecified atom stereocenters. The summed E-state index contributed by atoms with van der Waals surface area (Å²) in [7, 11) is 0. The van der Waals surface area contributed by atoms with E-state index in [4.69, 9.17) is 9.40 Å². The monoisotopic (exact) mass is 419 g/mol. The molecule has 2 aromatic heterocycles. The summed E-state index contributed by atoms with van der Waals surface area (Å²) in [4.78, 5) is 5.22. The van der Waals surface area contributed by atoms with Crippen molar-refractivity contribution in [2.45, 2.75) is 53.4 Å². The fourth-order valence-corrected chi connectivity index (χ4v) is 5.53. The van der Waals surface area contributed by atoms with Crippen LogP contribution >= 0.6 is 0 Å². The number of hydrogen-bond acceptors (Lipinski definition) is 2. The number of fused-ring (bicyclic) bond motifs is 3. The Balaban J connectivity index is 1.82. The van der Waals surface area contributed by atoms with E-state index >= 15 is 0 Å². The molecule has 0 bridgehead atoms. The van der Waals surface area contributed by atoms with E-state index in [1.165, 1.54) is 44.0 Å². The Morgan fingerprint density at radius 1 is 0.875 bits per heavy atom. The minimum absolute atomic E-state index is 0.184. The molecular formula is C30H29NO. The van der Waals surface area contributed by atoms with Gasteiger partial charge in [0.1, 0.15) is 11.2 Å². The molecule has 2 heterocycles. The predicted octanol–water partition coefficient (Wildman–Crippen LogP) is 8.34. The third-order valence-corrected chi connectivity index (χ3v) is 7.09. The van der Waals surface area contributed by atoms with Crippen molar-refractivity contribution in [2.24, 2.45) is 5.41 Å². The molecule has 0 amide bonds. The predicted molar refractivity (Wildman–Crippen MR) is 134 cm³/mol. The number of pyridine rings is 1. The molecule has 1 aliphatic rings. The van der Waals surface area contributed by atoms with Gasteiger partial charge in [-0.1, -0.05) is 77.1 Å². The molecular weight excluding hydrogens is 390 g/mol. The standard InChI is InChI=1S/C30H29NO/c1-17-11-13-20-24-25-21(14-12-19(16-29(2,3)4)28(25)32-27(17)24)30(5,6)22-15-18-9-7-8-10-23(18)31-26(20)22/h7-15H,16H2,1-6H3. The molecule has 5 aromatic rings. The number of nitrogens with zero attached hydrogens (tertiary/aromatic N) is 1. The Bertz CT molecular complexity index is 1560. The second-order valence-electron chi connectivity index (χ2n) is 11.2. The summed E-state index contributed by atoms with van der Waals surface area (Å²) in [5, 5.41) is 3.68. The molecule has 0 aliphatic heterocycles. The van der Waals surface area contributed by atoms with Crippen molar-refractivity contribution in [2.75, 3.05) is 0 Å². The second kappa shape index (κ2) is 6.22. The highest BCUT2D eigenvalue weighted by Crippen LogP contribution is 2.51. The van der Waals surface area contributed by atoms with E-state index in [0.717, 1.165) is 28.8 Å². The van der Waals surface area contributed by atoms with Crippen molar-refractivity contribution < 1.29 is 4.42 Å². The van der Waals surface area contributed by atoms with Gasteiger partial charge in [0, 0.05) is 27.1 Å². The zero-order valence-corrected chi connectivity index (χ0v) is 19.8. The van der Waals surface area contributed by atoms with Gasteiger partial charge in [-0.2, -0.15) is 0 Å². The van der Waals surface area contributed by atoms with E-state index in [1.54, 1.807) is 0 Å². The molecule has 1 aliphatic carbocycles. The normalized spacial score (nSPS) is 14.9. The van der Waals surface area contributed by atoms with Crippen LogP contribution in [0.5, 0.6) is 0 Å². The quantitative estimate of drug-likeness (QED) is 0.273. The molecule has 0 saturated carbocycles. The Morgan fingerprint density at radius 3 is 2.44 bits per heavy atom. The van der Waals surface area contributed by atoms with Crippen LogP contribution in [0.25, 0.3) is 44.1 Å². The van der Waals surface area contributed by atoms with Crippen LogP contribution in [0.2, 0.25) is 0 Å². The van der Waals surface area contributed by atoms with Gasteiger partial charge in [-0.25, -0.2) is 4.98 Å². The molecule has 0 atom stereocenters. The number of benzene rings is 3. The van der Waals surface area contributed by atoms with Gasteiger partial charge < -0.3 is 4.42 Å². The van der Waals surface area contributed by atoms with Gasteiger partial charge in [-0.3, -0.25) is 0 Å². The summed E-state index contributed by atoms with van der Waals surface area (Å²) in [6.45, 7) is 13.7. The first-order chi connectivity index (χ1) is 15.1. The van der Waals surface area contributed by atoms with Crippen LogP contribution in [0.3, 0.4) is 0 Å². The summed E-state index contributed by atoms with van der Waals surface area (Å²) < 4.78 is 6.69. The molecule has 0 N–H and O–H groups in total. The smallest absolute Gasteiger partial charge is 0.139 e. The van der Waals surface area contributed by atoms with E-state index in [-0.39, 0.29) is 10.8 Å². The van der Waals surface area contributed by atoms with Crippen LogP contribution in [-0.2, 0) is 11.8 Å². The lowest BCUT2D eigenvalue weighted by molar-refractivity contribution is 0.410. The Labute approximate surface area is 189 Å². The minimum atomic E-state index is -0.200. The fraction of sp³-hybridized carbons (Fsp3) is 0.300. The Kier molecular flexibility index (Phi) is 3.80. The van der Waals surface area contributed by atoms with Gasteiger partial charge in [0.15, 0.2) is 0 Å². The molecule has 3 aromatic carbocycles. The molecule has 2 heteroatoms. The van der Waals surface area contributed by atoms with Crippen LogP contribution in [0.1, 0.15) is 56.9 Å². The molecule has 0 fully saturated rings. The van der Waals surface area contributed by atoms with Crippen molar-refractivity contribution in [3.63, 3.8) is 0 Å². The van der Waals surface area contributed by atoms with Crippen molar-refractivity contribution >= 4 is 32.8 Å². The van der Waals surface area contributed by atoms with E-state index in [9.17, 15) is 0 Å². The number of hydrogen-bond donors (Lipinski definition) is 0. The molecule has 0 radical (unpaired) electrons. The highest BCUT2D eigenvalue weighted by molar-refractivity contribution is 6.17. The number of aromatic nitrogens is 1. The maximum absolute atomic E-state index is 6.69. The maximum Gasteiger partial charge on any atom is 0.139 e. The van der Waals surface area contributed by atoms with Gasteiger partial charge in [0.2, 0.25) is 0 Å². The number of furan rings is 1. The summed E-state index contributed by atoms with van der Waals surface area (Å²) >= 11 is 0. The highest BCUT2D eigenvalue weighted by atomic mass is 16.3. The molecule has 2 nitrogen and oxygen atoms in total. The maximum atomic E-state index is 6.69. The lowest BCUT2D eigenvalue weighted by atomic mass is 9.75. The van der Waals surface area contributed by atoms with Crippen molar-refractivity contribution in [1.29, 1.82) is 0 Å². The fourth-order valence-electron chi connectivity index (χ4n) is 5.53. The van der Waals surface area contributed by atoms with E-state index in [2.05, 4.69) is 96.1 Å². The van der Waals surface area contributed by atoms with E-state index in [1.807, 2.05) is 0 Å². The van der Waals surface area contributed by atoms with E-state index < -0.39 is 0 Å². The molecule has 6 rings (SSSR count). The van der Waals surface area contributed by atoms with Gasteiger partial charge in [0.05, 0.1) is 11.2 Å². The summed E-state index contributed by atoms with van der Waals surface area (Å²) in [5.74, 6) is 0. The third-order valence-electron chi connectivity index (χ3n) is 7.09. The molecule has 160 valence electrons. The average molecular weight is 420 g/mol. The zero-order chi connectivity index (χ0) is 22.4. The van der Waals surface area contributed by atoms with Crippen molar-refractivity contribution in [3.8, 4) is 11.3 Å². The second-order valence-corrected chi connectivity index (χ2v) is 11.2. The first kappa shape index (κ1) is 19.5. The number of rotatable bonds is 1. The Hall–Kier alpha value is -3.13. The van der Waals surface area contributed by atoms with Gasteiger partial charge in [-0.15, -0.1) is 0 Å². The largest absolute Gasteiger partial charge is 0.455 e. The average Bonchev–Trinajstić information content (AvgIpc) is 3.11. The highest BCUT2D eigenvalue weighted by Gasteiger charge is 2.36. The van der Waals surface area contributed by atoms with Crippen LogP contribution in [-0.4, -0.2) is 4.98 Å². The van der Waals surface area contributed by atoms with Crippen molar-refractivity contribution in [1.82, 2.24) is 4.98 Å². The van der Waals surface area contributed by atoms with Crippen LogP contribution in [0.15, 0.2) is 59.0 Å². The zero-order valence-electron chi connectivity index (χ0n) is 19.8.